The van der Waals surface area contributed by atoms with E-state index >= 15 is 0 Å². The minimum Gasteiger partial charge on any atom is -0.393 e. The second-order valence-corrected chi connectivity index (χ2v) is 5.28. The Balaban J connectivity index is 2.66. The Morgan fingerprint density at radius 3 is 2.65 bits per heavy atom. The molecular formula is C13H18BrNO2. The minimum atomic E-state index is -0.406. The summed E-state index contributed by atoms with van der Waals surface area (Å²) in [6.45, 7) is 5.54. The molecule has 0 saturated heterocycles. The molecule has 0 saturated carbocycles. The molecule has 1 amide bonds. The lowest BCUT2D eigenvalue weighted by Gasteiger charge is -2.15. The highest BCUT2D eigenvalue weighted by atomic mass is 79.9. The van der Waals surface area contributed by atoms with Crippen LogP contribution in [0.5, 0.6) is 0 Å². The van der Waals surface area contributed by atoms with Gasteiger partial charge in [0.25, 0.3) is 5.91 Å². The molecule has 0 aromatic heterocycles. The molecule has 0 aliphatic carbocycles. The van der Waals surface area contributed by atoms with Gasteiger partial charge in [0, 0.05) is 16.1 Å². The Morgan fingerprint density at radius 2 is 2.12 bits per heavy atom. The lowest BCUT2D eigenvalue weighted by Crippen LogP contribution is -2.34. The minimum absolute atomic E-state index is 0.0357. The van der Waals surface area contributed by atoms with Crippen LogP contribution in [0.3, 0.4) is 0 Å². The van der Waals surface area contributed by atoms with Gasteiger partial charge in [-0.2, -0.15) is 0 Å². The van der Waals surface area contributed by atoms with Crippen LogP contribution >= 0.6 is 15.9 Å². The number of hydrogen-bond donors (Lipinski definition) is 2. The fraction of sp³-hybridized carbons (Fsp3) is 0.462. The van der Waals surface area contributed by atoms with Gasteiger partial charge < -0.3 is 10.4 Å². The van der Waals surface area contributed by atoms with Gasteiger partial charge in [-0.15, -0.1) is 0 Å². The van der Waals surface area contributed by atoms with Crippen molar-refractivity contribution < 1.29 is 9.90 Å². The normalized spacial score (nSPS) is 14.2. The Bertz CT molecular complexity index is 404. The third-order valence-corrected chi connectivity index (χ3v) is 3.38. The van der Waals surface area contributed by atoms with E-state index in [9.17, 15) is 9.90 Å². The first-order valence-electron chi connectivity index (χ1n) is 5.65. The van der Waals surface area contributed by atoms with E-state index < -0.39 is 6.10 Å². The molecule has 0 radical (unpaired) electrons. The number of benzene rings is 1. The van der Waals surface area contributed by atoms with Gasteiger partial charge in [0.05, 0.1) is 6.10 Å². The van der Waals surface area contributed by atoms with E-state index in [4.69, 9.17) is 0 Å². The van der Waals surface area contributed by atoms with Crippen molar-refractivity contribution in [3.63, 3.8) is 0 Å². The standard InChI is InChI=1S/C13H18BrNO2/c1-8-6-11(4-5-12(8)14)13(17)15-9(2)7-10(3)16/h4-6,9-10,16H,7H2,1-3H3,(H,15,17). The molecule has 17 heavy (non-hydrogen) atoms. The Labute approximate surface area is 110 Å². The lowest BCUT2D eigenvalue weighted by molar-refractivity contribution is 0.0923. The number of amides is 1. The topological polar surface area (TPSA) is 49.3 Å². The molecule has 0 heterocycles. The number of nitrogens with one attached hydrogen (secondary N) is 1. The van der Waals surface area contributed by atoms with E-state index in [1.54, 1.807) is 13.0 Å². The summed E-state index contributed by atoms with van der Waals surface area (Å²) in [5.41, 5.74) is 1.67. The van der Waals surface area contributed by atoms with Crippen molar-refractivity contribution in [2.24, 2.45) is 0 Å². The summed E-state index contributed by atoms with van der Waals surface area (Å²) < 4.78 is 0.992. The molecule has 2 atom stereocenters. The van der Waals surface area contributed by atoms with Crippen molar-refractivity contribution >= 4 is 21.8 Å². The second-order valence-electron chi connectivity index (χ2n) is 4.42. The molecule has 0 fully saturated rings. The molecule has 2 N–H and O–H groups in total. The maximum atomic E-state index is 11.9. The first-order chi connectivity index (χ1) is 7.90. The van der Waals surface area contributed by atoms with Crippen molar-refractivity contribution in [3.8, 4) is 0 Å². The van der Waals surface area contributed by atoms with Crippen LogP contribution in [0, 0.1) is 6.92 Å². The molecule has 94 valence electrons. The first-order valence-corrected chi connectivity index (χ1v) is 6.44. The van der Waals surface area contributed by atoms with Crippen molar-refractivity contribution in [1.82, 2.24) is 5.32 Å². The maximum absolute atomic E-state index is 11.9. The highest BCUT2D eigenvalue weighted by Gasteiger charge is 2.12. The Hall–Kier alpha value is -0.870. The summed E-state index contributed by atoms with van der Waals surface area (Å²) in [5, 5.41) is 12.1. The quantitative estimate of drug-likeness (QED) is 0.898. The van der Waals surface area contributed by atoms with E-state index in [2.05, 4.69) is 21.2 Å². The monoisotopic (exact) mass is 299 g/mol. The van der Waals surface area contributed by atoms with Crippen molar-refractivity contribution in [2.75, 3.05) is 0 Å². The zero-order chi connectivity index (χ0) is 13.0. The fourth-order valence-electron chi connectivity index (χ4n) is 1.66. The number of rotatable bonds is 4. The third-order valence-electron chi connectivity index (χ3n) is 2.49. The maximum Gasteiger partial charge on any atom is 0.251 e. The van der Waals surface area contributed by atoms with E-state index in [1.165, 1.54) is 0 Å². The van der Waals surface area contributed by atoms with E-state index in [-0.39, 0.29) is 11.9 Å². The van der Waals surface area contributed by atoms with Crippen molar-refractivity contribution in [1.29, 1.82) is 0 Å². The van der Waals surface area contributed by atoms with Gasteiger partial charge in [0.2, 0.25) is 0 Å². The van der Waals surface area contributed by atoms with Gasteiger partial charge in [-0.3, -0.25) is 4.79 Å². The average molecular weight is 300 g/mol. The van der Waals surface area contributed by atoms with Gasteiger partial charge in [-0.1, -0.05) is 15.9 Å². The molecule has 4 heteroatoms. The van der Waals surface area contributed by atoms with Crippen LogP contribution in [0.15, 0.2) is 22.7 Å². The predicted molar refractivity (Wildman–Crippen MR) is 72.1 cm³/mol. The number of hydrogen-bond acceptors (Lipinski definition) is 2. The van der Waals surface area contributed by atoms with Crippen LogP contribution in [0.1, 0.15) is 36.2 Å². The third kappa shape index (κ3) is 4.48. The Kier molecular flexibility index (Phi) is 5.15. The fourth-order valence-corrected chi connectivity index (χ4v) is 1.91. The van der Waals surface area contributed by atoms with Crippen LogP contribution in [-0.4, -0.2) is 23.2 Å². The van der Waals surface area contributed by atoms with Gasteiger partial charge in [0.15, 0.2) is 0 Å². The summed E-state index contributed by atoms with van der Waals surface area (Å²) in [4.78, 5) is 11.9. The number of aliphatic hydroxyl groups excluding tert-OH is 1. The number of aryl methyl sites for hydroxylation is 1. The van der Waals surface area contributed by atoms with Crippen molar-refractivity contribution in [2.45, 2.75) is 39.3 Å². The van der Waals surface area contributed by atoms with E-state index in [0.29, 0.717) is 12.0 Å². The molecule has 0 aliphatic rings. The van der Waals surface area contributed by atoms with Crippen LogP contribution < -0.4 is 5.32 Å². The van der Waals surface area contributed by atoms with Gasteiger partial charge in [0.1, 0.15) is 0 Å². The lowest BCUT2D eigenvalue weighted by atomic mass is 10.1. The zero-order valence-electron chi connectivity index (χ0n) is 10.3. The summed E-state index contributed by atoms with van der Waals surface area (Å²) >= 11 is 3.40. The summed E-state index contributed by atoms with van der Waals surface area (Å²) in [7, 11) is 0. The van der Waals surface area contributed by atoms with Crippen LogP contribution in [-0.2, 0) is 0 Å². The zero-order valence-corrected chi connectivity index (χ0v) is 11.9. The number of carbonyl (C=O) groups is 1. The van der Waals surface area contributed by atoms with E-state index in [1.807, 2.05) is 26.0 Å². The molecule has 1 aromatic rings. The largest absolute Gasteiger partial charge is 0.393 e. The highest BCUT2D eigenvalue weighted by Crippen LogP contribution is 2.17. The molecule has 0 bridgehead atoms. The average Bonchev–Trinajstić information content (AvgIpc) is 2.20. The first kappa shape index (κ1) is 14.2. The summed E-state index contributed by atoms with van der Waals surface area (Å²) in [6, 6.07) is 5.45. The van der Waals surface area contributed by atoms with Crippen LogP contribution in [0.4, 0.5) is 0 Å². The molecule has 2 unspecified atom stereocenters. The second kappa shape index (κ2) is 6.17. The summed E-state index contributed by atoms with van der Waals surface area (Å²) in [6.07, 6.45) is 0.151. The van der Waals surface area contributed by atoms with E-state index in [0.717, 1.165) is 10.0 Å². The smallest absolute Gasteiger partial charge is 0.251 e. The van der Waals surface area contributed by atoms with Crippen LogP contribution in [0.25, 0.3) is 0 Å². The molecule has 1 aromatic carbocycles. The molecular weight excluding hydrogens is 282 g/mol. The van der Waals surface area contributed by atoms with Gasteiger partial charge in [-0.25, -0.2) is 0 Å². The van der Waals surface area contributed by atoms with Crippen molar-refractivity contribution in [3.05, 3.63) is 33.8 Å². The van der Waals surface area contributed by atoms with Crippen LogP contribution in [0.2, 0.25) is 0 Å². The predicted octanol–water partition coefficient (Wildman–Crippen LogP) is 2.65. The number of aliphatic hydroxyl groups is 1. The molecule has 0 aliphatic heterocycles. The van der Waals surface area contributed by atoms with Gasteiger partial charge >= 0.3 is 0 Å². The van der Waals surface area contributed by atoms with Gasteiger partial charge in [-0.05, 0) is 51.0 Å². The molecule has 0 spiro atoms. The number of carbonyl (C=O) groups excluding carboxylic acids is 1. The number of halogens is 1. The highest BCUT2D eigenvalue weighted by molar-refractivity contribution is 9.10. The SMILES string of the molecule is Cc1cc(C(=O)NC(C)CC(C)O)ccc1Br. The molecule has 3 nitrogen and oxygen atoms in total. The summed E-state index contributed by atoms with van der Waals surface area (Å²) in [5.74, 6) is -0.103. The molecule has 1 rings (SSSR count). The Morgan fingerprint density at radius 1 is 1.47 bits per heavy atom.